The lowest BCUT2D eigenvalue weighted by atomic mass is 10.1. The Balaban J connectivity index is 2.54. The summed E-state index contributed by atoms with van der Waals surface area (Å²) in [6.07, 6.45) is 9.12. The molecular formula is C12H18N2S. The number of nitrogens with zero attached hydrogens (tertiary/aromatic N) is 1. The first-order chi connectivity index (χ1) is 7.17. The quantitative estimate of drug-likeness (QED) is 0.775. The molecule has 0 bridgehead atoms. The van der Waals surface area contributed by atoms with E-state index in [9.17, 15) is 0 Å². The van der Waals surface area contributed by atoms with Crippen LogP contribution in [0.1, 0.15) is 42.6 Å². The molecule has 1 N–H and O–H groups in total. The van der Waals surface area contributed by atoms with Crippen molar-refractivity contribution in [1.29, 1.82) is 0 Å². The third-order valence-corrected chi connectivity index (χ3v) is 3.50. The molecule has 0 amide bonds. The molecule has 0 spiro atoms. The normalized spacial score (nSPS) is 14.5. The van der Waals surface area contributed by atoms with Crippen LogP contribution in [0.4, 0.5) is 0 Å². The Morgan fingerprint density at radius 1 is 1.67 bits per heavy atom. The summed E-state index contributed by atoms with van der Waals surface area (Å²) in [5, 5.41) is 4.64. The van der Waals surface area contributed by atoms with E-state index in [2.05, 4.69) is 30.1 Å². The van der Waals surface area contributed by atoms with Gasteiger partial charge in [0.25, 0.3) is 0 Å². The molecular weight excluding hydrogens is 204 g/mol. The average Bonchev–Trinajstić information content (AvgIpc) is 2.64. The summed E-state index contributed by atoms with van der Waals surface area (Å²) < 4.78 is 0. The Hall–Kier alpha value is -0.850. The van der Waals surface area contributed by atoms with E-state index >= 15 is 0 Å². The van der Waals surface area contributed by atoms with Crippen LogP contribution >= 0.6 is 11.3 Å². The maximum Gasteiger partial charge on any atom is 0.0897 e. The number of rotatable bonds is 5. The van der Waals surface area contributed by atoms with Crippen LogP contribution < -0.4 is 5.32 Å². The number of aryl methyl sites for hydroxylation is 1. The molecule has 82 valence electrons. The minimum atomic E-state index is 0.342. The molecule has 2 nitrogen and oxygen atoms in total. The number of aromatic nitrogens is 1. The van der Waals surface area contributed by atoms with Crippen molar-refractivity contribution in [2.45, 2.75) is 45.7 Å². The maximum absolute atomic E-state index is 5.32. The maximum atomic E-state index is 5.32. The second-order valence-corrected chi connectivity index (χ2v) is 4.95. The standard InChI is InChI=1S/C12H18N2S/c1-5-7-11(6-2)14-9(3)12-8-13-10(4)15-12/h1,8-9,11,14H,6-7H2,2-4H3. The van der Waals surface area contributed by atoms with Gasteiger partial charge in [0.05, 0.1) is 5.01 Å². The molecule has 0 fully saturated rings. The Morgan fingerprint density at radius 3 is 2.87 bits per heavy atom. The van der Waals surface area contributed by atoms with Gasteiger partial charge in [0.15, 0.2) is 0 Å². The van der Waals surface area contributed by atoms with Crippen molar-refractivity contribution in [3.63, 3.8) is 0 Å². The first-order valence-electron chi connectivity index (χ1n) is 5.29. The lowest BCUT2D eigenvalue weighted by Crippen LogP contribution is -2.30. The molecule has 1 heterocycles. The van der Waals surface area contributed by atoms with Gasteiger partial charge in [-0.2, -0.15) is 0 Å². The van der Waals surface area contributed by atoms with Gasteiger partial charge in [0.2, 0.25) is 0 Å². The summed E-state index contributed by atoms with van der Waals surface area (Å²) in [5.41, 5.74) is 0. The highest BCUT2D eigenvalue weighted by atomic mass is 32.1. The summed E-state index contributed by atoms with van der Waals surface area (Å²) in [7, 11) is 0. The highest BCUT2D eigenvalue weighted by Gasteiger charge is 2.12. The van der Waals surface area contributed by atoms with Crippen LogP contribution in [0.5, 0.6) is 0 Å². The number of nitrogens with one attached hydrogen (secondary N) is 1. The summed E-state index contributed by atoms with van der Waals surface area (Å²) in [5.74, 6) is 2.71. The number of thiazole rings is 1. The van der Waals surface area contributed by atoms with Crippen LogP contribution in [0.3, 0.4) is 0 Å². The Labute approximate surface area is 96.1 Å². The van der Waals surface area contributed by atoms with E-state index < -0.39 is 0 Å². The average molecular weight is 222 g/mol. The van der Waals surface area contributed by atoms with E-state index in [0.717, 1.165) is 17.8 Å². The van der Waals surface area contributed by atoms with Crippen LogP contribution in [0.25, 0.3) is 0 Å². The fourth-order valence-electron chi connectivity index (χ4n) is 1.48. The van der Waals surface area contributed by atoms with E-state index in [1.807, 2.05) is 13.1 Å². The van der Waals surface area contributed by atoms with Crippen LogP contribution in [0, 0.1) is 19.3 Å². The molecule has 1 aromatic rings. The number of terminal acetylenes is 1. The van der Waals surface area contributed by atoms with Gasteiger partial charge in [-0.15, -0.1) is 23.7 Å². The minimum absolute atomic E-state index is 0.342. The molecule has 1 rings (SSSR count). The molecule has 0 radical (unpaired) electrons. The summed E-state index contributed by atoms with van der Waals surface area (Å²) in [4.78, 5) is 5.54. The summed E-state index contributed by atoms with van der Waals surface area (Å²) in [6.45, 7) is 6.34. The van der Waals surface area contributed by atoms with E-state index in [-0.39, 0.29) is 0 Å². The van der Waals surface area contributed by atoms with Gasteiger partial charge in [-0.3, -0.25) is 0 Å². The molecule has 1 aromatic heterocycles. The van der Waals surface area contributed by atoms with Crippen molar-refractivity contribution in [1.82, 2.24) is 10.3 Å². The largest absolute Gasteiger partial charge is 0.306 e. The van der Waals surface area contributed by atoms with Gasteiger partial charge in [0.1, 0.15) is 0 Å². The second-order valence-electron chi connectivity index (χ2n) is 3.68. The van der Waals surface area contributed by atoms with Crippen LogP contribution in [-0.2, 0) is 0 Å². The number of hydrogen-bond donors (Lipinski definition) is 1. The molecule has 0 aliphatic carbocycles. The van der Waals surface area contributed by atoms with Gasteiger partial charge in [-0.1, -0.05) is 6.92 Å². The van der Waals surface area contributed by atoms with Crippen LogP contribution in [-0.4, -0.2) is 11.0 Å². The first kappa shape index (κ1) is 12.2. The van der Waals surface area contributed by atoms with Gasteiger partial charge in [0, 0.05) is 29.6 Å². The summed E-state index contributed by atoms with van der Waals surface area (Å²) >= 11 is 1.74. The smallest absolute Gasteiger partial charge is 0.0897 e. The molecule has 0 saturated heterocycles. The van der Waals surface area contributed by atoms with Crippen molar-refractivity contribution in [3.8, 4) is 12.3 Å². The Kier molecular flexibility index (Phi) is 4.80. The van der Waals surface area contributed by atoms with E-state index in [1.165, 1.54) is 4.88 Å². The van der Waals surface area contributed by atoms with Crippen molar-refractivity contribution < 1.29 is 0 Å². The Bertz CT molecular complexity index is 338. The zero-order valence-electron chi connectivity index (χ0n) is 9.58. The van der Waals surface area contributed by atoms with Crippen LogP contribution in [0.2, 0.25) is 0 Å². The van der Waals surface area contributed by atoms with Gasteiger partial charge in [-0.05, 0) is 20.3 Å². The van der Waals surface area contributed by atoms with Crippen LogP contribution in [0.15, 0.2) is 6.20 Å². The molecule has 0 aliphatic rings. The fourth-order valence-corrected chi connectivity index (χ4v) is 2.27. The van der Waals surface area contributed by atoms with E-state index in [1.54, 1.807) is 11.3 Å². The van der Waals surface area contributed by atoms with Crippen molar-refractivity contribution in [2.24, 2.45) is 0 Å². The zero-order valence-corrected chi connectivity index (χ0v) is 10.4. The second kappa shape index (κ2) is 5.89. The van der Waals surface area contributed by atoms with Gasteiger partial charge >= 0.3 is 0 Å². The Morgan fingerprint density at radius 2 is 2.40 bits per heavy atom. The number of hydrogen-bond acceptors (Lipinski definition) is 3. The van der Waals surface area contributed by atoms with Gasteiger partial charge < -0.3 is 5.32 Å². The molecule has 0 aliphatic heterocycles. The SMILES string of the molecule is C#CCC(CC)NC(C)c1cnc(C)s1. The third kappa shape index (κ3) is 3.65. The van der Waals surface area contributed by atoms with Crippen molar-refractivity contribution in [3.05, 3.63) is 16.1 Å². The molecule has 3 heteroatoms. The van der Waals surface area contributed by atoms with Gasteiger partial charge in [-0.25, -0.2) is 4.98 Å². The zero-order chi connectivity index (χ0) is 11.3. The topological polar surface area (TPSA) is 24.9 Å². The molecule has 0 saturated carbocycles. The van der Waals surface area contributed by atoms with E-state index in [0.29, 0.717) is 12.1 Å². The first-order valence-corrected chi connectivity index (χ1v) is 6.10. The predicted molar refractivity (Wildman–Crippen MR) is 65.9 cm³/mol. The monoisotopic (exact) mass is 222 g/mol. The fraction of sp³-hybridized carbons (Fsp3) is 0.583. The molecule has 15 heavy (non-hydrogen) atoms. The van der Waals surface area contributed by atoms with E-state index in [4.69, 9.17) is 6.42 Å². The predicted octanol–water partition coefficient (Wildman–Crippen LogP) is 2.90. The summed E-state index contributed by atoms with van der Waals surface area (Å²) in [6, 6.07) is 0.752. The van der Waals surface area contributed by atoms with Crippen molar-refractivity contribution in [2.75, 3.05) is 0 Å². The van der Waals surface area contributed by atoms with Crippen molar-refractivity contribution >= 4 is 11.3 Å². The highest BCUT2D eigenvalue weighted by Crippen LogP contribution is 2.20. The highest BCUT2D eigenvalue weighted by molar-refractivity contribution is 7.11. The molecule has 2 atom stereocenters. The lowest BCUT2D eigenvalue weighted by molar-refractivity contribution is 0.452. The molecule has 0 aromatic carbocycles. The third-order valence-electron chi connectivity index (χ3n) is 2.41. The molecule has 2 unspecified atom stereocenters. The minimum Gasteiger partial charge on any atom is -0.306 e. The lowest BCUT2D eigenvalue weighted by Gasteiger charge is -2.19.